The normalized spacial score (nSPS) is 19.9. The first-order valence-electron chi connectivity index (χ1n) is 7.11. The quantitative estimate of drug-likeness (QED) is 0.928. The second-order valence-electron chi connectivity index (χ2n) is 5.87. The van der Waals surface area contributed by atoms with Crippen LogP contribution in [-0.2, 0) is 16.6 Å². The highest BCUT2D eigenvalue weighted by molar-refractivity contribution is 7.89. The smallest absolute Gasteiger partial charge is 0.243 e. The van der Waals surface area contributed by atoms with Gasteiger partial charge in [-0.05, 0) is 36.0 Å². The van der Waals surface area contributed by atoms with Crippen LogP contribution in [0.3, 0.4) is 0 Å². The highest BCUT2D eigenvalue weighted by Crippen LogP contribution is 2.35. The molecule has 1 aromatic rings. The monoisotopic (exact) mass is 297 g/mol. The molecule has 0 spiro atoms. The molecule has 1 heterocycles. The maximum Gasteiger partial charge on any atom is 0.243 e. The van der Waals surface area contributed by atoms with E-state index in [1.807, 2.05) is 0 Å². The molecule has 0 atom stereocenters. The van der Waals surface area contributed by atoms with Gasteiger partial charge in [0, 0.05) is 13.1 Å². The van der Waals surface area contributed by atoms with Gasteiger partial charge in [0.25, 0.3) is 0 Å². The van der Waals surface area contributed by atoms with Crippen molar-refractivity contribution in [3.8, 4) is 0 Å². The van der Waals surface area contributed by atoms with E-state index in [1.54, 1.807) is 28.6 Å². The fourth-order valence-electron chi connectivity index (χ4n) is 2.57. The summed E-state index contributed by atoms with van der Waals surface area (Å²) in [5.74, 6) is 0. The minimum atomic E-state index is -3.43. The third-order valence-corrected chi connectivity index (χ3v) is 6.40. The van der Waals surface area contributed by atoms with Gasteiger partial charge in [0.2, 0.25) is 10.0 Å². The van der Waals surface area contributed by atoms with Gasteiger partial charge in [0.15, 0.2) is 0 Å². The van der Waals surface area contributed by atoms with E-state index in [9.17, 15) is 8.42 Å². The van der Waals surface area contributed by atoms with Crippen LogP contribution in [0.2, 0.25) is 0 Å². The second kappa shape index (κ2) is 5.84. The highest BCUT2D eigenvalue weighted by atomic mass is 32.2. The second-order valence-corrected chi connectivity index (χ2v) is 7.81. The molecule has 0 saturated carbocycles. The molecular weight excluding hydrogens is 274 g/mol. The molecule has 2 rings (SSSR count). The third-order valence-electron chi connectivity index (χ3n) is 4.50. The molecule has 0 radical (unpaired) electrons. The van der Waals surface area contributed by atoms with Gasteiger partial charge in [0.1, 0.15) is 0 Å². The van der Waals surface area contributed by atoms with E-state index in [-0.39, 0.29) is 16.9 Å². The number of nitrogens with zero attached hydrogens (tertiary/aromatic N) is 1. The topological polar surface area (TPSA) is 57.6 Å². The number of sulfonamides is 1. The van der Waals surface area contributed by atoms with Gasteiger partial charge in [-0.2, -0.15) is 4.31 Å². The lowest BCUT2D eigenvalue weighted by molar-refractivity contribution is 0.169. The summed E-state index contributed by atoms with van der Waals surface area (Å²) in [6, 6.07) is 6.56. The lowest BCUT2D eigenvalue weighted by Crippen LogP contribution is -2.41. The van der Waals surface area contributed by atoms with Crippen LogP contribution in [0.25, 0.3) is 0 Å². The number of piperidine rings is 1. The molecule has 112 valence electrons. The summed E-state index contributed by atoms with van der Waals surface area (Å²) in [6.45, 7) is 5.40. The molecule has 0 bridgehead atoms. The van der Waals surface area contributed by atoms with Crippen molar-refractivity contribution in [1.82, 2.24) is 4.31 Å². The molecule has 1 aliphatic rings. The van der Waals surface area contributed by atoms with E-state index in [0.717, 1.165) is 19.3 Å². The zero-order valence-corrected chi connectivity index (χ0v) is 13.0. The number of rotatable bonds is 4. The molecule has 0 unspecified atom stereocenters. The standard InChI is InChI=1S/C15H23NO3S/c1-3-15(2)7-9-16(10-8-15)20(18,19)14-6-4-5-13(11-14)12-17/h4-6,11,17H,3,7-10,12H2,1-2H3. The minimum absolute atomic E-state index is 0.142. The van der Waals surface area contributed by atoms with Crippen molar-refractivity contribution >= 4 is 10.0 Å². The maximum atomic E-state index is 12.6. The maximum absolute atomic E-state index is 12.6. The first-order chi connectivity index (χ1) is 9.41. The summed E-state index contributed by atoms with van der Waals surface area (Å²) in [7, 11) is -3.43. The molecule has 4 nitrogen and oxygen atoms in total. The molecule has 1 N–H and O–H groups in total. The number of hydrogen-bond donors (Lipinski definition) is 1. The van der Waals surface area contributed by atoms with Crippen molar-refractivity contribution in [2.24, 2.45) is 5.41 Å². The molecule has 0 aliphatic carbocycles. The SMILES string of the molecule is CCC1(C)CCN(S(=O)(=O)c2cccc(CO)c2)CC1. The van der Waals surface area contributed by atoms with Crippen LogP contribution in [-0.4, -0.2) is 30.9 Å². The van der Waals surface area contributed by atoms with Crippen molar-refractivity contribution < 1.29 is 13.5 Å². The van der Waals surface area contributed by atoms with E-state index in [0.29, 0.717) is 18.7 Å². The van der Waals surface area contributed by atoms with Gasteiger partial charge in [-0.3, -0.25) is 0 Å². The Labute approximate surface area is 121 Å². The molecule has 1 saturated heterocycles. The first kappa shape index (κ1) is 15.5. The third kappa shape index (κ3) is 3.05. The fourth-order valence-corrected chi connectivity index (χ4v) is 4.09. The van der Waals surface area contributed by atoms with Gasteiger partial charge >= 0.3 is 0 Å². The molecule has 5 heteroatoms. The number of aliphatic hydroxyl groups is 1. The summed E-state index contributed by atoms with van der Waals surface area (Å²) in [5, 5.41) is 9.13. The van der Waals surface area contributed by atoms with Crippen LogP contribution in [0.5, 0.6) is 0 Å². The van der Waals surface area contributed by atoms with E-state index in [4.69, 9.17) is 5.11 Å². The summed E-state index contributed by atoms with van der Waals surface area (Å²) in [4.78, 5) is 0.282. The Bertz CT molecular complexity index is 560. The lowest BCUT2D eigenvalue weighted by Gasteiger charge is -2.38. The van der Waals surface area contributed by atoms with Crippen LogP contribution in [0, 0.1) is 5.41 Å². The van der Waals surface area contributed by atoms with Crippen molar-refractivity contribution in [3.05, 3.63) is 29.8 Å². The van der Waals surface area contributed by atoms with Crippen LogP contribution in [0.4, 0.5) is 0 Å². The molecule has 0 aromatic heterocycles. The molecule has 20 heavy (non-hydrogen) atoms. The largest absolute Gasteiger partial charge is 0.392 e. The van der Waals surface area contributed by atoms with Crippen molar-refractivity contribution in [2.45, 2.75) is 44.6 Å². The zero-order chi connectivity index (χ0) is 14.8. The average molecular weight is 297 g/mol. The average Bonchev–Trinajstić information content (AvgIpc) is 2.48. The summed E-state index contributed by atoms with van der Waals surface area (Å²) < 4.78 is 26.8. The first-order valence-corrected chi connectivity index (χ1v) is 8.55. The van der Waals surface area contributed by atoms with Crippen molar-refractivity contribution in [1.29, 1.82) is 0 Å². The van der Waals surface area contributed by atoms with E-state index in [2.05, 4.69) is 13.8 Å². The zero-order valence-electron chi connectivity index (χ0n) is 12.2. The summed E-state index contributed by atoms with van der Waals surface area (Å²) in [5.41, 5.74) is 0.889. The van der Waals surface area contributed by atoms with Crippen LogP contribution in [0.15, 0.2) is 29.2 Å². The van der Waals surface area contributed by atoms with Crippen LogP contribution < -0.4 is 0 Å². The molecular formula is C15H23NO3S. The fraction of sp³-hybridized carbons (Fsp3) is 0.600. The Morgan fingerprint density at radius 2 is 1.95 bits per heavy atom. The predicted octanol–water partition coefficient (Wildman–Crippen LogP) is 2.38. The Morgan fingerprint density at radius 1 is 1.30 bits per heavy atom. The molecule has 1 aliphatic heterocycles. The van der Waals surface area contributed by atoms with Crippen LogP contribution >= 0.6 is 0 Å². The Morgan fingerprint density at radius 3 is 2.50 bits per heavy atom. The molecule has 1 fully saturated rings. The Kier molecular flexibility index (Phi) is 4.52. The van der Waals surface area contributed by atoms with Crippen LogP contribution in [0.1, 0.15) is 38.7 Å². The summed E-state index contributed by atoms with van der Waals surface area (Å²) >= 11 is 0. The highest BCUT2D eigenvalue weighted by Gasteiger charge is 2.34. The van der Waals surface area contributed by atoms with Crippen molar-refractivity contribution in [2.75, 3.05) is 13.1 Å². The number of hydrogen-bond acceptors (Lipinski definition) is 3. The number of aliphatic hydroxyl groups excluding tert-OH is 1. The van der Waals surface area contributed by atoms with Gasteiger partial charge < -0.3 is 5.11 Å². The van der Waals surface area contributed by atoms with Gasteiger partial charge in [-0.25, -0.2) is 8.42 Å². The van der Waals surface area contributed by atoms with E-state index in [1.165, 1.54) is 0 Å². The summed E-state index contributed by atoms with van der Waals surface area (Å²) in [6.07, 6.45) is 2.89. The lowest BCUT2D eigenvalue weighted by atomic mass is 9.79. The van der Waals surface area contributed by atoms with Gasteiger partial charge in [-0.1, -0.05) is 32.4 Å². The van der Waals surface area contributed by atoms with E-state index >= 15 is 0 Å². The van der Waals surface area contributed by atoms with Gasteiger partial charge in [-0.15, -0.1) is 0 Å². The van der Waals surface area contributed by atoms with E-state index < -0.39 is 10.0 Å². The Hall–Kier alpha value is -0.910. The van der Waals surface area contributed by atoms with Crippen molar-refractivity contribution in [3.63, 3.8) is 0 Å². The number of benzene rings is 1. The van der Waals surface area contributed by atoms with Gasteiger partial charge in [0.05, 0.1) is 11.5 Å². The minimum Gasteiger partial charge on any atom is -0.392 e. The predicted molar refractivity (Wildman–Crippen MR) is 78.8 cm³/mol. The molecule has 0 amide bonds. The molecule has 1 aromatic carbocycles. The Balaban J connectivity index is 2.19.